The van der Waals surface area contributed by atoms with Crippen LogP contribution in [0, 0.1) is 0 Å². The van der Waals surface area contributed by atoms with E-state index in [1.165, 1.54) is 10.6 Å². The third-order valence-corrected chi connectivity index (χ3v) is 3.64. The molecule has 0 aliphatic heterocycles. The van der Waals surface area contributed by atoms with Crippen LogP contribution in [0.2, 0.25) is 10.2 Å². The second kappa shape index (κ2) is 6.82. The molecule has 7 heteroatoms. The first-order valence-electron chi connectivity index (χ1n) is 5.92. The number of rotatable bonds is 6. The molecular formula is C12H16Cl2N2O3. The molecule has 0 aliphatic carbocycles. The number of nitrogens with zero attached hydrogens (tertiary/aromatic N) is 1. The van der Waals surface area contributed by atoms with Gasteiger partial charge < -0.3 is 15.0 Å². The van der Waals surface area contributed by atoms with Crippen LogP contribution in [0.3, 0.4) is 0 Å². The lowest BCUT2D eigenvalue weighted by Crippen LogP contribution is -2.41. The molecule has 1 aromatic heterocycles. The first-order chi connectivity index (χ1) is 8.88. The van der Waals surface area contributed by atoms with Gasteiger partial charge in [-0.05, 0) is 12.5 Å². The number of unbranched alkanes of at least 4 members (excludes halogenated alkanes) is 1. The maximum atomic E-state index is 12.0. The van der Waals surface area contributed by atoms with Crippen molar-refractivity contribution in [2.75, 3.05) is 0 Å². The number of carbonyl (C=O) groups excluding carboxylic acids is 1. The van der Waals surface area contributed by atoms with Gasteiger partial charge in [-0.2, -0.15) is 0 Å². The molecule has 106 valence electrons. The molecule has 0 bridgehead atoms. The van der Waals surface area contributed by atoms with Gasteiger partial charge in [-0.25, -0.2) is 4.79 Å². The standard InChI is InChI=1S/C12H16Cl2N2O3/c1-3-4-5-8(12(18)19)15-11(17)9-6-7(13)10(14)16(9)2/h6,8H,3-5H2,1-2H3,(H,15,17)(H,18,19). The Kier molecular flexibility index (Phi) is 5.69. The van der Waals surface area contributed by atoms with Crippen molar-refractivity contribution < 1.29 is 14.7 Å². The van der Waals surface area contributed by atoms with Crippen LogP contribution in [0.1, 0.15) is 36.7 Å². The van der Waals surface area contributed by atoms with Crippen molar-refractivity contribution in [3.05, 3.63) is 21.9 Å². The molecule has 0 saturated heterocycles. The molecule has 0 saturated carbocycles. The Labute approximate surface area is 121 Å². The lowest BCUT2D eigenvalue weighted by molar-refractivity contribution is -0.139. The molecule has 19 heavy (non-hydrogen) atoms. The fraction of sp³-hybridized carbons (Fsp3) is 0.500. The van der Waals surface area contributed by atoms with Gasteiger partial charge in [-0.1, -0.05) is 43.0 Å². The molecule has 0 fully saturated rings. The Hall–Kier alpha value is -1.20. The number of halogens is 2. The predicted molar refractivity (Wildman–Crippen MR) is 73.8 cm³/mol. The first-order valence-corrected chi connectivity index (χ1v) is 6.68. The Morgan fingerprint density at radius 1 is 1.47 bits per heavy atom. The van der Waals surface area contributed by atoms with E-state index >= 15 is 0 Å². The number of carbonyl (C=O) groups is 2. The topological polar surface area (TPSA) is 71.3 Å². The van der Waals surface area contributed by atoms with Crippen molar-refractivity contribution in [3.8, 4) is 0 Å². The maximum absolute atomic E-state index is 12.0. The average Bonchev–Trinajstić information content (AvgIpc) is 2.61. The van der Waals surface area contributed by atoms with E-state index in [1.807, 2.05) is 6.92 Å². The summed E-state index contributed by atoms with van der Waals surface area (Å²) in [6.45, 7) is 1.96. The van der Waals surface area contributed by atoms with E-state index in [0.717, 1.165) is 12.8 Å². The number of hydrogen-bond acceptors (Lipinski definition) is 2. The quantitative estimate of drug-likeness (QED) is 0.849. The summed E-state index contributed by atoms with van der Waals surface area (Å²) in [4.78, 5) is 23.1. The molecule has 1 heterocycles. The van der Waals surface area contributed by atoms with E-state index in [4.69, 9.17) is 28.3 Å². The molecule has 0 aromatic carbocycles. The van der Waals surface area contributed by atoms with Crippen molar-refractivity contribution >= 4 is 35.1 Å². The molecule has 1 rings (SSSR count). The van der Waals surface area contributed by atoms with Crippen molar-refractivity contribution in [1.82, 2.24) is 9.88 Å². The molecule has 1 aromatic rings. The highest BCUT2D eigenvalue weighted by Gasteiger charge is 2.22. The number of carboxylic acid groups (broad SMARTS) is 1. The van der Waals surface area contributed by atoms with Gasteiger partial charge in [-0.15, -0.1) is 0 Å². The highest BCUT2D eigenvalue weighted by atomic mass is 35.5. The van der Waals surface area contributed by atoms with Crippen molar-refractivity contribution in [2.24, 2.45) is 7.05 Å². The first kappa shape index (κ1) is 15.9. The summed E-state index contributed by atoms with van der Waals surface area (Å²) in [5.74, 6) is -1.55. The molecular weight excluding hydrogens is 291 g/mol. The summed E-state index contributed by atoms with van der Waals surface area (Å²) in [6, 6.07) is 0.512. The Morgan fingerprint density at radius 2 is 2.11 bits per heavy atom. The second-order valence-electron chi connectivity index (χ2n) is 4.23. The number of nitrogens with one attached hydrogen (secondary N) is 1. The fourth-order valence-corrected chi connectivity index (χ4v) is 2.03. The van der Waals surface area contributed by atoms with Gasteiger partial charge in [-0.3, -0.25) is 4.79 Å². The molecule has 5 nitrogen and oxygen atoms in total. The number of hydrogen-bond donors (Lipinski definition) is 2. The van der Waals surface area contributed by atoms with E-state index in [1.54, 1.807) is 7.05 Å². The number of amides is 1. The van der Waals surface area contributed by atoms with Gasteiger partial charge in [0.1, 0.15) is 16.9 Å². The summed E-state index contributed by atoms with van der Waals surface area (Å²) < 4.78 is 1.41. The van der Waals surface area contributed by atoms with Gasteiger partial charge in [0.2, 0.25) is 0 Å². The van der Waals surface area contributed by atoms with Crippen molar-refractivity contribution in [3.63, 3.8) is 0 Å². The van der Waals surface area contributed by atoms with Crippen LogP contribution >= 0.6 is 23.2 Å². The summed E-state index contributed by atoms with van der Waals surface area (Å²) in [5.41, 5.74) is 0.234. The highest BCUT2D eigenvalue weighted by Crippen LogP contribution is 2.25. The second-order valence-corrected chi connectivity index (χ2v) is 5.00. The molecule has 2 N–H and O–H groups in total. The number of aliphatic carboxylic acids is 1. The lowest BCUT2D eigenvalue weighted by Gasteiger charge is -2.14. The normalized spacial score (nSPS) is 12.2. The Morgan fingerprint density at radius 3 is 2.53 bits per heavy atom. The van der Waals surface area contributed by atoms with E-state index in [0.29, 0.717) is 6.42 Å². The van der Waals surface area contributed by atoms with Crippen LogP contribution in [0.4, 0.5) is 0 Å². The summed E-state index contributed by atoms with van der Waals surface area (Å²) in [7, 11) is 1.59. The molecule has 1 amide bonds. The summed E-state index contributed by atoms with van der Waals surface area (Å²) in [6.07, 6.45) is 1.98. The third kappa shape index (κ3) is 3.88. The van der Waals surface area contributed by atoms with Crippen LogP contribution in [-0.2, 0) is 11.8 Å². The van der Waals surface area contributed by atoms with E-state index in [2.05, 4.69) is 5.32 Å². The van der Waals surface area contributed by atoms with Crippen LogP contribution in [-0.4, -0.2) is 27.6 Å². The van der Waals surface area contributed by atoms with Crippen molar-refractivity contribution in [2.45, 2.75) is 32.2 Å². The maximum Gasteiger partial charge on any atom is 0.326 e. The Bertz CT molecular complexity index is 486. The SMILES string of the molecule is CCCCC(NC(=O)c1cc(Cl)c(Cl)n1C)C(=O)O. The van der Waals surface area contributed by atoms with Gasteiger partial charge in [0, 0.05) is 7.05 Å². The van der Waals surface area contributed by atoms with Crippen LogP contribution in [0.25, 0.3) is 0 Å². The zero-order chi connectivity index (χ0) is 14.6. The Balaban J connectivity index is 2.81. The summed E-state index contributed by atoms with van der Waals surface area (Å²) in [5, 5.41) is 12.0. The zero-order valence-electron chi connectivity index (χ0n) is 10.7. The molecule has 1 unspecified atom stereocenters. The lowest BCUT2D eigenvalue weighted by atomic mass is 10.1. The average molecular weight is 307 g/mol. The minimum absolute atomic E-state index is 0.234. The van der Waals surface area contributed by atoms with Gasteiger partial charge in [0.05, 0.1) is 5.02 Å². The monoisotopic (exact) mass is 306 g/mol. The van der Waals surface area contributed by atoms with E-state index in [9.17, 15) is 9.59 Å². The largest absolute Gasteiger partial charge is 0.480 e. The van der Waals surface area contributed by atoms with Gasteiger partial charge in [0.15, 0.2) is 0 Å². The van der Waals surface area contributed by atoms with Crippen LogP contribution in [0.5, 0.6) is 0 Å². The minimum atomic E-state index is -1.05. The summed E-state index contributed by atoms with van der Waals surface area (Å²) >= 11 is 11.7. The van der Waals surface area contributed by atoms with Crippen molar-refractivity contribution in [1.29, 1.82) is 0 Å². The third-order valence-electron chi connectivity index (χ3n) is 2.80. The number of carboxylic acids is 1. The van der Waals surface area contributed by atoms with Gasteiger partial charge >= 0.3 is 5.97 Å². The molecule has 0 radical (unpaired) electrons. The smallest absolute Gasteiger partial charge is 0.326 e. The zero-order valence-corrected chi connectivity index (χ0v) is 12.3. The molecule has 1 atom stereocenters. The number of aromatic nitrogens is 1. The van der Waals surface area contributed by atoms with E-state index in [-0.39, 0.29) is 15.9 Å². The minimum Gasteiger partial charge on any atom is -0.480 e. The van der Waals surface area contributed by atoms with Gasteiger partial charge in [0.25, 0.3) is 5.91 Å². The predicted octanol–water partition coefficient (Wildman–Crippen LogP) is 2.71. The molecule has 0 spiro atoms. The van der Waals surface area contributed by atoms with Crippen LogP contribution < -0.4 is 5.32 Å². The van der Waals surface area contributed by atoms with E-state index < -0.39 is 17.9 Å². The fourth-order valence-electron chi connectivity index (χ4n) is 1.66. The highest BCUT2D eigenvalue weighted by molar-refractivity contribution is 6.41. The van der Waals surface area contributed by atoms with Crippen LogP contribution in [0.15, 0.2) is 6.07 Å². The molecule has 0 aliphatic rings.